The molecule has 190 valence electrons. The molecule has 0 bridgehead atoms. The van der Waals surface area contributed by atoms with Gasteiger partial charge < -0.3 is 19.8 Å². The molecule has 5 heteroatoms. The lowest BCUT2D eigenvalue weighted by atomic mass is 9.49. The normalized spacial score (nSPS) is 43.3. The Kier molecular flexibility index (Phi) is 6.63. The fourth-order valence-electron chi connectivity index (χ4n) is 9.05. The maximum Gasteiger partial charge on any atom is 0.156 e. The van der Waals surface area contributed by atoms with Crippen molar-refractivity contribution in [2.24, 2.45) is 29.1 Å². The van der Waals surface area contributed by atoms with Gasteiger partial charge in [-0.3, -0.25) is 4.79 Å². The Bertz CT molecular complexity index is 869. The van der Waals surface area contributed by atoms with E-state index < -0.39 is 11.7 Å². The topological polar surface area (TPSA) is 70.0 Å². The van der Waals surface area contributed by atoms with Crippen LogP contribution in [0.15, 0.2) is 22.8 Å². The van der Waals surface area contributed by atoms with Crippen LogP contribution in [-0.2, 0) is 9.53 Å². The molecule has 0 aromatic rings. The number of rotatable bonds is 5. The lowest BCUT2D eigenvalue weighted by molar-refractivity contribution is -0.178. The van der Waals surface area contributed by atoms with Gasteiger partial charge in [-0.15, -0.1) is 0 Å². The third-order valence-corrected chi connectivity index (χ3v) is 10.9. The van der Waals surface area contributed by atoms with Crippen molar-refractivity contribution in [3.8, 4) is 0 Å². The average molecular weight is 472 g/mol. The molecule has 34 heavy (non-hydrogen) atoms. The summed E-state index contributed by atoms with van der Waals surface area (Å²) in [7, 11) is 6.01. The molecular weight excluding hydrogens is 426 g/mol. The number of methoxy groups -OCH3 is 1. The molecule has 2 N–H and O–H groups in total. The maximum absolute atomic E-state index is 12.2. The molecule has 0 radical (unpaired) electrons. The highest BCUT2D eigenvalue weighted by molar-refractivity contribution is 5.93. The molecule has 5 aliphatic carbocycles. The fourth-order valence-corrected chi connectivity index (χ4v) is 9.05. The zero-order valence-corrected chi connectivity index (χ0v) is 21.7. The Morgan fingerprint density at radius 3 is 2.50 bits per heavy atom. The summed E-state index contributed by atoms with van der Waals surface area (Å²) in [5, 5.41) is 23.1. The van der Waals surface area contributed by atoms with Crippen LogP contribution in [0.1, 0.15) is 77.6 Å². The third kappa shape index (κ3) is 3.77. The SMILES string of the molecule is COCC(O)[C@@]1(O)CCC2C3CCC4=CC(=O)CCC4=C3[C@@H](C3CCC(N(C)C)CC3)C[C@@]21C. The van der Waals surface area contributed by atoms with Crippen LogP contribution in [0.2, 0.25) is 0 Å². The summed E-state index contributed by atoms with van der Waals surface area (Å²) in [6, 6.07) is 0.665. The average Bonchev–Trinajstić information content (AvgIpc) is 3.10. The largest absolute Gasteiger partial charge is 0.388 e. The monoisotopic (exact) mass is 471 g/mol. The Balaban J connectivity index is 1.55. The minimum absolute atomic E-state index is 0.186. The third-order valence-electron chi connectivity index (χ3n) is 10.9. The van der Waals surface area contributed by atoms with Gasteiger partial charge in [0.05, 0.1) is 12.2 Å². The van der Waals surface area contributed by atoms with Crippen molar-refractivity contribution in [2.75, 3.05) is 27.8 Å². The lowest BCUT2D eigenvalue weighted by Crippen LogP contribution is -2.59. The van der Waals surface area contributed by atoms with Crippen molar-refractivity contribution in [3.05, 3.63) is 22.8 Å². The van der Waals surface area contributed by atoms with Crippen molar-refractivity contribution >= 4 is 5.78 Å². The first-order chi connectivity index (χ1) is 16.2. The van der Waals surface area contributed by atoms with Crippen LogP contribution in [0.5, 0.6) is 0 Å². The van der Waals surface area contributed by atoms with Crippen molar-refractivity contribution < 1.29 is 19.7 Å². The molecule has 0 amide bonds. The van der Waals surface area contributed by atoms with Crippen LogP contribution in [0, 0.1) is 29.1 Å². The van der Waals surface area contributed by atoms with Crippen molar-refractivity contribution in [1.29, 1.82) is 0 Å². The summed E-state index contributed by atoms with van der Waals surface area (Å²) in [4.78, 5) is 14.6. The molecule has 0 aliphatic heterocycles. The summed E-state index contributed by atoms with van der Waals surface area (Å²) in [6.07, 6.45) is 12.2. The van der Waals surface area contributed by atoms with E-state index >= 15 is 0 Å². The number of ketones is 1. The number of aliphatic hydroxyl groups is 2. The van der Waals surface area contributed by atoms with Crippen LogP contribution in [-0.4, -0.2) is 66.5 Å². The van der Waals surface area contributed by atoms with Crippen LogP contribution < -0.4 is 0 Å². The molecule has 5 aliphatic rings. The number of ether oxygens (including phenoxy) is 1. The summed E-state index contributed by atoms with van der Waals surface area (Å²) in [5.74, 6) is 2.22. The maximum atomic E-state index is 12.2. The van der Waals surface area contributed by atoms with Crippen molar-refractivity contribution in [2.45, 2.75) is 95.3 Å². The Morgan fingerprint density at radius 1 is 1.09 bits per heavy atom. The smallest absolute Gasteiger partial charge is 0.156 e. The minimum Gasteiger partial charge on any atom is -0.388 e. The highest BCUT2D eigenvalue weighted by atomic mass is 16.5. The Hall–Kier alpha value is -1.01. The van der Waals surface area contributed by atoms with Gasteiger partial charge in [0.2, 0.25) is 0 Å². The number of allylic oxidation sites excluding steroid dienone is 4. The van der Waals surface area contributed by atoms with E-state index in [4.69, 9.17) is 4.74 Å². The first-order valence-corrected chi connectivity index (χ1v) is 13.7. The van der Waals surface area contributed by atoms with Crippen molar-refractivity contribution in [3.63, 3.8) is 0 Å². The van der Waals surface area contributed by atoms with Crippen LogP contribution >= 0.6 is 0 Å². The van der Waals surface area contributed by atoms with Gasteiger partial charge >= 0.3 is 0 Å². The Morgan fingerprint density at radius 2 is 1.82 bits per heavy atom. The van der Waals surface area contributed by atoms with E-state index in [1.807, 2.05) is 6.08 Å². The fraction of sp³-hybridized carbons (Fsp3) is 0.828. The van der Waals surface area contributed by atoms with Gasteiger partial charge in [0.25, 0.3) is 0 Å². The van der Waals surface area contributed by atoms with E-state index in [0.29, 0.717) is 48.3 Å². The van der Waals surface area contributed by atoms with E-state index in [1.54, 1.807) is 12.7 Å². The molecular formula is C29H45NO4. The second kappa shape index (κ2) is 9.14. The first-order valence-electron chi connectivity index (χ1n) is 13.7. The van der Waals surface area contributed by atoms with Crippen LogP contribution in [0.25, 0.3) is 0 Å². The van der Waals surface area contributed by atoms with Crippen molar-refractivity contribution in [1.82, 2.24) is 4.90 Å². The molecule has 0 aromatic carbocycles. The molecule has 3 fully saturated rings. The molecule has 5 rings (SSSR count). The highest BCUT2D eigenvalue weighted by Gasteiger charge is 2.65. The molecule has 0 aromatic heterocycles. The molecule has 0 heterocycles. The second-order valence-electron chi connectivity index (χ2n) is 12.5. The van der Waals surface area contributed by atoms with Gasteiger partial charge in [-0.05, 0) is 119 Å². The number of hydrogen-bond donors (Lipinski definition) is 2. The minimum atomic E-state index is -1.10. The number of nitrogens with zero attached hydrogens (tertiary/aromatic N) is 1. The van der Waals surface area contributed by atoms with Gasteiger partial charge in [-0.2, -0.15) is 0 Å². The van der Waals surface area contributed by atoms with Gasteiger partial charge in [0.15, 0.2) is 5.78 Å². The molecule has 3 unspecified atom stereocenters. The van der Waals surface area contributed by atoms with Gasteiger partial charge in [0.1, 0.15) is 6.10 Å². The second-order valence-corrected chi connectivity index (χ2v) is 12.5. The number of aliphatic hydroxyl groups excluding tert-OH is 1. The summed E-state index contributed by atoms with van der Waals surface area (Å²) in [5.41, 5.74) is 3.07. The van der Waals surface area contributed by atoms with E-state index in [1.165, 1.54) is 36.8 Å². The zero-order valence-electron chi connectivity index (χ0n) is 21.7. The van der Waals surface area contributed by atoms with Gasteiger partial charge in [0, 0.05) is 25.0 Å². The van der Waals surface area contributed by atoms with Gasteiger partial charge in [-0.1, -0.05) is 12.5 Å². The predicted molar refractivity (Wildman–Crippen MR) is 133 cm³/mol. The van der Waals surface area contributed by atoms with Gasteiger partial charge in [-0.25, -0.2) is 0 Å². The summed E-state index contributed by atoms with van der Waals surface area (Å²) in [6.45, 7) is 2.46. The van der Waals surface area contributed by atoms with E-state index in [9.17, 15) is 15.0 Å². The van der Waals surface area contributed by atoms with E-state index in [-0.39, 0.29) is 12.0 Å². The summed E-state index contributed by atoms with van der Waals surface area (Å²) < 4.78 is 5.31. The number of carbonyl (C=O) groups excluding carboxylic acids is 1. The molecule has 3 saturated carbocycles. The Labute approximate surface area is 205 Å². The molecule has 0 spiro atoms. The molecule has 0 saturated heterocycles. The number of carbonyl (C=O) groups is 1. The molecule has 5 nitrogen and oxygen atoms in total. The van der Waals surface area contributed by atoms with E-state index in [2.05, 4.69) is 25.9 Å². The lowest BCUT2D eigenvalue weighted by Gasteiger charge is -2.57. The number of fused-ring (bicyclic) bond motifs is 4. The first kappa shape index (κ1) is 24.7. The predicted octanol–water partition coefficient (Wildman–Crippen LogP) is 4.28. The standard InChI is InChI=1S/C29H45NO4/c1-28-16-24(18-5-8-20(9-6-18)30(2)3)27-22-12-10-21(31)15-19(22)7-11-23(27)25(28)13-14-29(28,33)26(32)17-34-4/h15,18,20,23-26,32-33H,5-14,16-17H2,1-4H3/t18?,20?,23?,24-,25?,26?,28+,29+/m1/s1. The highest BCUT2D eigenvalue weighted by Crippen LogP contribution is 2.67. The zero-order chi connectivity index (χ0) is 24.3. The van der Waals surface area contributed by atoms with Crippen LogP contribution in [0.4, 0.5) is 0 Å². The quantitative estimate of drug-likeness (QED) is 0.626. The number of hydrogen-bond acceptors (Lipinski definition) is 5. The summed E-state index contributed by atoms with van der Waals surface area (Å²) >= 11 is 0. The van der Waals surface area contributed by atoms with E-state index in [0.717, 1.165) is 32.1 Å². The molecule has 6 atom stereocenters. The van der Waals surface area contributed by atoms with Crippen LogP contribution in [0.3, 0.4) is 0 Å².